The van der Waals surface area contributed by atoms with Crippen molar-refractivity contribution in [2.24, 2.45) is 0 Å². The number of aliphatic hydroxyl groups is 1. The molecule has 1 amide bonds. The van der Waals surface area contributed by atoms with E-state index in [-0.39, 0.29) is 11.9 Å². The highest BCUT2D eigenvalue weighted by Crippen LogP contribution is 2.18. The summed E-state index contributed by atoms with van der Waals surface area (Å²) in [6.45, 7) is 1.88. The Hall–Kier alpha value is -2.14. The number of carbonyl (C=O) groups excluding carboxylic acids is 1. The number of aromatic nitrogens is 1. The lowest BCUT2D eigenvalue weighted by molar-refractivity contribution is -0.121. The largest absolute Gasteiger partial charge is 0.467 e. The van der Waals surface area contributed by atoms with E-state index >= 15 is 0 Å². The van der Waals surface area contributed by atoms with Gasteiger partial charge in [-0.3, -0.25) is 9.78 Å². The van der Waals surface area contributed by atoms with Crippen LogP contribution in [0.15, 0.2) is 47.2 Å². The number of amides is 1. The third kappa shape index (κ3) is 5.33. The topological polar surface area (TPSA) is 75.4 Å². The summed E-state index contributed by atoms with van der Waals surface area (Å²) in [4.78, 5) is 16.1. The predicted octanol–water partition coefficient (Wildman–Crippen LogP) is 2.63. The molecule has 22 heavy (non-hydrogen) atoms. The molecule has 0 bridgehead atoms. The van der Waals surface area contributed by atoms with E-state index in [2.05, 4.69) is 10.3 Å². The van der Waals surface area contributed by atoms with Gasteiger partial charge in [0.2, 0.25) is 5.91 Å². The highest BCUT2D eigenvalue weighted by molar-refractivity contribution is 5.76. The molecule has 5 nitrogen and oxygen atoms in total. The minimum Gasteiger partial charge on any atom is -0.467 e. The lowest BCUT2D eigenvalue weighted by Gasteiger charge is -2.16. The fourth-order valence-electron chi connectivity index (χ4n) is 2.31. The molecule has 0 aliphatic rings. The molecule has 0 saturated heterocycles. The van der Waals surface area contributed by atoms with Crippen LogP contribution in [0.2, 0.25) is 0 Å². The fraction of sp³-hybridized carbons (Fsp3) is 0.412. The molecular formula is C17H22N2O3. The number of hydrogen-bond donors (Lipinski definition) is 2. The highest BCUT2D eigenvalue weighted by atomic mass is 16.4. The predicted molar refractivity (Wildman–Crippen MR) is 83.1 cm³/mol. The Kier molecular flexibility index (Phi) is 6.15. The number of carbonyl (C=O) groups is 1. The second-order valence-corrected chi connectivity index (χ2v) is 5.41. The first kappa shape index (κ1) is 16.2. The summed E-state index contributed by atoms with van der Waals surface area (Å²) in [5.41, 5.74) is 0.997. The normalized spacial score (nSPS) is 13.5. The lowest BCUT2D eigenvalue weighted by atomic mass is 10.1. The Morgan fingerprint density at radius 2 is 2.23 bits per heavy atom. The molecular weight excluding hydrogens is 280 g/mol. The van der Waals surface area contributed by atoms with Crippen LogP contribution in [-0.2, 0) is 11.2 Å². The summed E-state index contributed by atoms with van der Waals surface area (Å²) in [5.74, 6) is 0.520. The number of aryl methyl sites for hydroxylation is 1. The Labute approximate surface area is 130 Å². The first-order valence-corrected chi connectivity index (χ1v) is 7.56. The SMILES string of the molecule is CC(CC(O)c1ccco1)NC(=O)CCCc1ccccn1. The Morgan fingerprint density at radius 3 is 2.91 bits per heavy atom. The van der Waals surface area contributed by atoms with Crippen LogP contribution in [0.4, 0.5) is 0 Å². The van der Waals surface area contributed by atoms with Crippen LogP contribution in [0.25, 0.3) is 0 Å². The zero-order chi connectivity index (χ0) is 15.8. The van der Waals surface area contributed by atoms with Crippen molar-refractivity contribution in [3.05, 3.63) is 54.2 Å². The number of nitrogens with one attached hydrogen (secondary N) is 1. The summed E-state index contributed by atoms with van der Waals surface area (Å²) >= 11 is 0. The average molecular weight is 302 g/mol. The molecule has 5 heteroatoms. The van der Waals surface area contributed by atoms with Gasteiger partial charge >= 0.3 is 0 Å². The lowest BCUT2D eigenvalue weighted by Crippen LogP contribution is -2.33. The molecule has 0 saturated carbocycles. The van der Waals surface area contributed by atoms with E-state index in [0.29, 0.717) is 18.6 Å². The average Bonchev–Trinajstić information content (AvgIpc) is 3.02. The maximum atomic E-state index is 11.9. The van der Waals surface area contributed by atoms with Gasteiger partial charge in [0.05, 0.1) is 6.26 Å². The van der Waals surface area contributed by atoms with E-state index in [1.54, 1.807) is 18.3 Å². The molecule has 0 radical (unpaired) electrons. The van der Waals surface area contributed by atoms with Gasteiger partial charge in [-0.2, -0.15) is 0 Å². The van der Waals surface area contributed by atoms with Crippen molar-refractivity contribution in [2.75, 3.05) is 0 Å². The molecule has 2 heterocycles. The third-order valence-electron chi connectivity index (χ3n) is 3.42. The van der Waals surface area contributed by atoms with E-state index in [9.17, 15) is 9.90 Å². The zero-order valence-corrected chi connectivity index (χ0v) is 12.7. The first-order valence-electron chi connectivity index (χ1n) is 7.56. The number of aliphatic hydroxyl groups excluding tert-OH is 1. The summed E-state index contributed by atoms with van der Waals surface area (Å²) in [6, 6.07) is 9.14. The molecule has 0 aromatic carbocycles. The minimum atomic E-state index is -0.696. The molecule has 2 unspecified atom stereocenters. The van der Waals surface area contributed by atoms with Crippen LogP contribution in [0.3, 0.4) is 0 Å². The Bertz CT molecular complexity index is 555. The van der Waals surface area contributed by atoms with Gasteiger partial charge in [0.25, 0.3) is 0 Å². The molecule has 2 rings (SSSR count). The second-order valence-electron chi connectivity index (χ2n) is 5.41. The summed E-state index contributed by atoms with van der Waals surface area (Å²) in [7, 11) is 0. The van der Waals surface area contributed by atoms with Crippen LogP contribution < -0.4 is 5.32 Å². The molecule has 0 spiro atoms. The van der Waals surface area contributed by atoms with E-state index in [1.807, 2.05) is 25.1 Å². The highest BCUT2D eigenvalue weighted by Gasteiger charge is 2.16. The van der Waals surface area contributed by atoms with Gasteiger partial charge in [-0.25, -0.2) is 0 Å². The molecule has 2 atom stereocenters. The van der Waals surface area contributed by atoms with Gasteiger partial charge in [0.15, 0.2) is 0 Å². The van der Waals surface area contributed by atoms with Crippen molar-refractivity contribution in [1.82, 2.24) is 10.3 Å². The van der Waals surface area contributed by atoms with Crippen LogP contribution in [0, 0.1) is 0 Å². The molecule has 2 aromatic rings. The van der Waals surface area contributed by atoms with Gasteiger partial charge in [0.1, 0.15) is 11.9 Å². The zero-order valence-electron chi connectivity index (χ0n) is 12.7. The summed E-state index contributed by atoms with van der Waals surface area (Å²) < 4.78 is 5.15. The van der Waals surface area contributed by atoms with Crippen LogP contribution in [0.5, 0.6) is 0 Å². The molecule has 0 aliphatic heterocycles. The molecule has 2 N–H and O–H groups in total. The smallest absolute Gasteiger partial charge is 0.220 e. The Morgan fingerprint density at radius 1 is 1.36 bits per heavy atom. The molecule has 118 valence electrons. The van der Waals surface area contributed by atoms with Gasteiger partial charge < -0.3 is 14.8 Å². The Balaban J connectivity index is 1.66. The van der Waals surface area contributed by atoms with Gasteiger partial charge in [-0.05, 0) is 44.0 Å². The van der Waals surface area contributed by atoms with Crippen molar-refractivity contribution >= 4 is 5.91 Å². The molecule has 2 aromatic heterocycles. The van der Waals surface area contributed by atoms with Gasteiger partial charge in [-0.15, -0.1) is 0 Å². The standard InChI is InChI=1S/C17H22N2O3/c1-13(12-15(20)16-8-5-11-22-16)19-17(21)9-4-7-14-6-2-3-10-18-14/h2-3,5-6,8,10-11,13,15,20H,4,7,9,12H2,1H3,(H,19,21). The van der Waals surface area contributed by atoms with E-state index < -0.39 is 6.10 Å². The maximum absolute atomic E-state index is 11.9. The first-order chi connectivity index (χ1) is 10.6. The quantitative estimate of drug-likeness (QED) is 0.786. The number of rotatable bonds is 8. The number of hydrogen-bond acceptors (Lipinski definition) is 4. The number of furan rings is 1. The third-order valence-corrected chi connectivity index (χ3v) is 3.42. The minimum absolute atomic E-state index is 0.00456. The van der Waals surface area contributed by atoms with Crippen LogP contribution in [-0.4, -0.2) is 22.0 Å². The maximum Gasteiger partial charge on any atom is 0.220 e. The van der Waals surface area contributed by atoms with Crippen molar-refractivity contribution in [3.8, 4) is 0 Å². The second kappa shape index (κ2) is 8.34. The van der Waals surface area contributed by atoms with Crippen LogP contribution in [0.1, 0.15) is 43.7 Å². The van der Waals surface area contributed by atoms with E-state index in [1.165, 1.54) is 6.26 Å². The van der Waals surface area contributed by atoms with Crippen LogP contribution >= 0.6 is 0 Å². The number of nitrogens with zero attached hydrogens (tertiary/aromatic N) is 1. The van der Waals surface area contributed by atoms with E-state index in [0.717, 1.165) is 18.5 Å². The molecule has 0 fully saturated rings. The van der Waals surface area contributed by atoms with E-state index in [4.69, 9.17) is 4.42 Å². The summed E-state index contributed by atoms with van der Waals surface area (Å²) in [6.07, 6.45) is 5.02. The number of pyridine rings is 1. The van der Waals surface area contributed by atoms with Crippen molar-refractivity contribution in [2.45, 2.75) is 44.8 Å². The van der Waals surface area contributed by atoms with Crippen molar-refractivity contribution < 1.29 is 14.3 Å². The fourth-order valence-corrected chi connectivity index (χ4v) is 2.31. The monoisotopic (exact) mass is 302 g/mol. The van der Waals surface area contributed by atoms with Gasteiger partial charge in [-0.1, -0.05) is 6.07 Å². The molecule has 0 aliphatic carbocycles. The summed E-state index contributed by atoms with van der Waals surface area (Å²) in [5, 5.41) is 12.9. The van der Waals surface area contributed by atoms with Crippen molar-refractivity contribution in [1.29, 1.82) is 0 Å². The van der Waals surface area contributed by atoms with Gasteiger partial charge in [0, 0.05) is 30.8 Å². The van der Waals surface area contributed by atoms with Crippen molar-refractivity contribution in [3.63, 3.8) is 0 Å².